The minimum absolute atomic E-state index is 1.35. The second kappa shape index (κ2) is 4.54. The predicted octanol–water partition coefficient (Wildman–Crippen LogP) is 3.68. The van der Waals surface area contributed by atoms with Crippen molar-refractivity contribution in [2.24, 2.45) is 0 Å². The third-order valence-corrected chi connectivity index (χ3v) is 2.25. The van der Waals surface area contributed by atoms with E-state index in [0.717, 1.165) is 0 Å². The van der Waals surface area contributed by atoms with Crippen molar-refractivity contribution in [1.29, 1.82) is 0 Å². The first kappa shape index (κ1) is 7.84. The van der Waals surface area contributed by atoms with Crippen LogP contribution in [0, 0.1) is 0 Å². The lowest BCUT2D eigenvalue weighted by atomic mass is 9.94. The number of hydrogen-bond donors (Lipinski definition) is 0. The van der Waals surface area contributed by atoms with Gasteiger partial charge in [-0.3, -0.25) is 0 Å². The molecule has 0 radical (unpaired) electrons. The zero-order valence-electron chi connectivity index (χ0n) is 7.03. The lowest BCUT2D eigenvalue weighted by Crippen LogP contribution is -1.93. The normalized spacial score (nSPS) is 16.3. The molecule has 0 bridgehead atoms. The molecule has 0 unspecified atom stereocenters. The summed E-state index contributed by atoms with van der Waals surface area (Å²) in [6, 6.07) is 0. The van der Waals surface area contributed by atoms with Crippen LogP contribution in [0.15, 0.2) is 11.6 Å². The Hall–Kier alpha value is -0.260. The zero-order chi connectivity index (χ0) is 7.23. The summed E-state index contributed by atoms with van der Waals surface area (Å²) in [5.74, 6) is 0. The van der Waals surface area contributed by atoms with Crippen molar-refractivity contribution in [1.82, 2.24) is 0 Å². The molecular weight excluding hydrogens is 120 g/mol. The fraction of sp³-hybridized carbons (Fsp3) is 0.800. The summed E-state index contributed by atoms with van der Waals surface area (Å²) in [7, 11) is 0. The Morgan fingerprint density at radius 2 is 2.10 bits per heavy atom. The molecule has 0 fully saturated rings. The van der Waals surface area contributed by atoms with Crippen molar-refractivity contribution in [3.05, 3.63) is 11.6 Å². The monoisotopic (exact) mass is 138 g/mol. The van der Waals surface area contributed by atoms with Crippen molar-refractivity contribution >= 4 is 0 Å². The van der Waals surface area contributed by atoms with E-state index in [9.17, 15) is 0 Å². The van der Waals surface area contributed by atoms with E-state index >= 15 is 0 Å². The quantitative estimate of drug-likeness (QED) is 0.401. The van der Waals surface area contributed by atoms with Crippen LogP contribution in [0.2, 0.25) is 0 Å². The Labute approximate surface area is 64.3 Å². The van der Waals surface area contributed by atoms with E-state index in [-0.39, 0.29) is 0 Å². The van der Waals surface area contributed by atoms with Gasteiger partial charge in [-0.05, 0) is 25.7 Å². The maximum Gasteiger partial charge on any atom is -0.0285 e. The zero-order valence-corrected chi connectivity index (χ0v) is 7.03. The van der Waals surface area contributed by atoms with Crippen LogP contribution in [0.5, 0.6) is 0 Å². The molecule has 0 saturated carbocycles. The van der Waals surface area contributed by atoms with Gasteiger partial charge in [0.25, 0.3) is 0 Å². The SMILES string of the molecule is CCCCCCC1=CCC1. The van der Waals surface area contributed by atoms with Crippen LogP contribution >= 0.6 is 0 Å². The van der Waals surface area contributed by atoms with E-state index in [1.54, 1.807) is 5.57 Å². The topological polar surface area (TPSA) is 0 Å². The van der Waals surface area contributed by atoms with Gasteiger partial charge in [0, 0.05) is 0 Å². The summed E-state index contributed by atoms with van der Waals surface area (Å²) in [4.78, 5) is 0. The molecule has 1 aliphatic rings. The molecule has 0 aromatic rings. The number of hydrogen-bond acceptors (Lipinski definition) is 0. The molecule has 0 atom stereocenters. The number of rotatable bonds is 5. The smallest absolute Gasteiger partial charge is 0.0285 e. The molecule has 0 heterocycles. The van der Waals surface area contributed by atoms with E-state index < -0.39 is 0 Å². The third-order valence-electron chi connectivity index (χ3n) is 2.25. The maximum absolute atomic E-state index is 2.39. The van der Waals surface area contributed by atoms with E-state index in [0.29, 0.717) is 0 Å². The van der Waals surface area contributed by atoms with Crippen LogP contribution in [-0.4, -0.2) is 0 Å². The number of allylic oxidation sites excluding steroid dienone is 2. The van der Waals surface area contributed by atoms with Gasteiger partial charge in [0.15, 0.2) is 0 Å². The van der Waals surface area contributed by atoms with E-state index in [1.807, 2.05) is 0 Å². The summed E-state index contributed by atoms with van der Waals surface area (Å²) in [6.45, 7) is 2.27. The Morgan fingerprint density at radius 1 is 1.30 bits per heavy atom. The fourth-order valence-electron chi connectivity index (χ4n) is 1.35. The van der Waals surface area contributed by atoms with Gasteiger partial charge in [-0.2, -0.15) is 0 Å². The molecule has 1 aliphatic carbocycles. The van der Waals surface area contributed by atoms with Crippen molar-refractivity contribution in [2.45, 2.75) is 51.9 Å². The van der Waals surface area contributed by atoms with Crippen LogP contribution in [0.25, 0.3) is 0 Å². The first-order chi connectivity index (χ1) is 4.93. The van der Waals surface area contributed by atoms with Crippen LogP contribution < -0.4 is 0 Å². The minimum Gasteiger partial charge on any atom is -0.0850 e. The second-order valence-corrected chi connectivity index (χ2v) is 3.21. The second-order valence-electron chi connectivity index (χ2n) is 3.21. The van der Waals surface area contributed by atoms with Crippen molar-refractivity contribution < 1.29 is 0 Å². The molecular formula is C10H18. The molecule has 0 heteroatoms. The van der Waals surface area contributed by atoms with Gasteiger partial charge in [-0.1, -0.05) is 37.8 Å². The number of unbranched alkanes of at least 4 members (excludes halogenated alkanes) is 3. The lowest BCUT2D eigenvalue weighted by Gasteiger charge is -2.13. The van der Waals surface area contributed by atoms with Gasteiger partial charge in [-0.25, -0.2) is 0 Å². The predicted molar refractivity (Wildman–Crippen MR) is 46.1 cm³/mol. The van der Waals surface area contributed by atoms with Crippen molar-refractivity contribution in [3.8, 4) is 0 Å². The summed E-state index contributed by atoms with van der Waals surface area (Å²) in [6.07, 6.45) is 12.2. The summed E-state index contributed by atoms with van der Waals surface area (Å²) in [5, 5.41) is 0. The van der Waals surface area contributed by atoms with E-state index in [1.165, 1.54) is 44.9 Å². The minimum atomic E-state index is 1.35. The van der Waals surface area contributed by atoms with Crippen molar-refractivity contribution in [3.63, 3.8) is 0 Å². The van der Waals surface area contributed by atoms with Gasteiger partial charge in [0.1, 0.15) is 0 Å². The van der Waals surface area contributed by atoms with Crippen LogP contribution in [0.3, 0.4) is 0 Å². The molecule has 0 nitrogen and oxygen atoms in total. The molecule has 0 saturated heterocycles. The Bertz CT molecular complexity index is 111. The fourth-order valence-corrected chi connectivity index (χ4v) is 1.35. The van der Waals surface area contributed by atoms with E-state index in [2.05, 4.69) is 13.0 Å². The molecule has 10 heavy (non-hydrogen) atoms. The largest absolute Gasteiger partial charge is 0.0850 e. The first-order valence-electron chi connectivity index (χ1n) is 4.61. The molecule has 0 aromatic heterocycles. The first-order valence-corrected chi connectivity index (χ1v) is 4.61. The Morgan fingerprint density at radius 3 is 2.60 bits per heavy atom. The summed E-state index contributed by atoms with van der Waals surface area (Å²) >= 11 is 0. The maximum atomic E-state index is 2.39. The standard InChI is InChI=1S/C10H18/c1-2-3-4-5-7-10-8-6-9-10/h8H,2-7,9H2,1H3. The van der Waals surface area contributed by atoms with Gasteiger partial charge >= 0.3 is 0 Å². The highest BCUT2D eigenvalue weighted by Crippen LogP contribution is 2.23. The molecule has 0 amide bonds. The van der Waals surface area contributed by atoms with Gasteiger partial charge in [-0.15, -0.1) is 0 Å². The van der Waals surface area contributed by atoms with Crippen LogP contribution in [-0.2, 0) is 0 Å². The van der Waals surface area contributed by atoms with Gasteiger partial charge in [0.2, 0.25) is 0 Å². The highest BCUT2D eigenvalue weighted by molar-refractivity contribution is 5.11. The molecule has 0 spiro atoms. The highest BCUT2D eigenvalue weighted by Gasteiger charge is 2.03. The van der Waals surface area contributed by atoms with E-state index in [4.69, 9.17) is 0 Å². The highest BCUT2D eigenvalue weighted by atomic mass is 14.1. The summed E-state index contributed by atoms with van der Waals surface area (Å²) in [5.41, 5.74) is 1.72. The molecule has 1 rings (SSSR count). The average molecular weight is 138 g/mol. The van der Waals surface area contributed by atoms with Gasteiger partial charge < -0.3 is 0 Å². The third kappa shape index (κ3) is 2.55. The molecule has 0 aromatic carbocycles. The van der Waals surface area contributed by atoms with Crippen LogP contribution in [0.4, 0.5) is 0 Å². The van der Waals surface area contributed by atoms with Crippen LogP contribution in [0.1, 0.15) is 51.9 Å². The molecule has 0 N–H and O–H groups in total. The lowest BCUT2D eigenvalue weighted by molar-refractivity contribution is 0.640. The Balaban J connectivity index is 1.85. The molecule has 58 valence electrons. The molecule has 0 aliphatic heterocycles. The Kier molecular flexibility index (Phi) is 3.56. The average Bonchev–Trinajstić information content (AvgIpc) is 1.84. The summed E-state index contributed by atoms with van der Waals surface area (Å²) < 4.78 is 0. The van der Waals surface area contributed by atoms with Crippen molar-refractivity contribution in [2.75, 3.05) is 0 Å². The van der Waals surface area contributed by atoms with Gasteiger partial charge in [0.05, 0.1) is 0 Å².